The highest BCUT2D eigenvalue weighted by Gasteiger charge is 2.41. The van der Waals surface area contributed by atoms with Gasteiger partial charge in [-0.2, -0.15) is 0 Å². The van der Waals surface area contributed by atoms with E-state index in [4.69, 9.17) is 0 Å². The molecule has 0 aliphatic carbocycles. The van der Waals surface area contributed by atoms with Crippen LogP contribution in [0.1, 0.15) is 57.7 Å². The number of pyridine rings is 2. The summed E-state index contributed by atoms with van der Waals surface area (Å²) in [6.07, 6.45) is 1.76. The third-order valence-electron chi connectivity index (χ3n) is 11.5. The van der Waals surface area contributed by atoms with Crippen LogP contribution in [0, 0.1) is 11.3 Å². The molecule has 3 heterocycles. The maximum atomic E-state index is 14.6. The van der Waals surface area contributed by atoms with Crippen LogP contribution in [0.2, 0.25) is 0 Å². The van der Waals surface area contributed by atoms with Gasteiger partial charge in [0.1, 0.15) is 12.1 Å². The molecule has 5 unspecified atom stereocenters. The van der Waals surface area contributed by atoms with Gasteiger partial charge in [0.05, 0.1) is 23.4 Å². The Kier molecular flexibility index (Phi) is 14.9. The zero-order chi connectivity index (χ0) is 44.4. The average Bonchev–Trinajstić information content (AvgIpc) is 3.61. The van der Waals surface area contributed by atoms with Gasteiger partial charge in [0, 0.05) is 56.1 Å². The van der Waals surface area contributed by atoms with Crippen molar-refractivity contribution in [1.82, 2.24) is 40.8 Å². The molecule has 1 fully saturated rings. The number of para-hydroxylation sites is 1. The number of hydrogen-bond acceptors (Lipinski definition) is 8. The van der Waals surface area contributed by atoms with Crippen molar-refractivity contribution in [3.05, 3.63) is 132 Å². The first-order valence-electron chi connectivity index (χ1n) is 21.2. The van der Waals surface area contributed by atoms with Gasteiger partial charge in [-0.15, -0.1) is 0 Å². The minimum absolute atomic E-state index is 0.139. The van der Waals surface area contributed by atoms with E-state index in [1.165, 1.54) is 0 Å². The average molecular weight is 843 g/mol. The van der Waals surface area contributed by atoms with Gasteiger partial charge in [0.2, 0.25) is 5.91 Å². The fraction of sp³-hybridized carbons (Fsp3) is 0.375. The lowest BCUT2D eigenvalue weighted by molar-refractivity contribution is -0.132. The number of hydrazine groups is 1. The number of fused-ring (bicyclic) bond motifs is 1. The van der Waals surface area contributed by atoms with Crippen LogP contribution in [0.15, 0.2) is 116 Å². The molecule has 0 bridgehead atoms. The number of carbonyl (C=O) groups is 4. The van der Waals surface area contributed by atoms with E-state index in [0.717, 1.165) is 38.9 Å². The SMILES string of the molecule is CCC(C)C(C(=O)NC(Cc1ccccc1)C(O)CN(Cc1ccc(-c2ccccn2)cc1)NC(=O)C(NC(=O)O)C(C)(C)C)N1CCN(Cc2ccnc3ccccc23)C1=O. The molecule has 0 saturated carbocycles. The summed E-state index contributed by atoms with van der Waals surface area (Å²) in [6.45, 7) is 10.4. The molecule has 1 aliphatic rings. The number of urea groups is 1. The summed E-state index contributed by atoms with van der Waals surface area (Å²) in [5, 5.41) is 29.8. The van der Waals surface area contributed by atoms with Gasteiger partial charge in [0.15, 0.2) is 0 Å². The zero-order valence-corrected chi connectivity index (χ0v) is 36.1. The van der Waals surface area contributed by atoms with Crippen molar-refractivity contribution in [3.8, 4) is 11.3 Å². The third-order valence-corrected chi connectivity index (χ3v) is 11.5. The van der Waals surface area contributed by atoms with E-state index in [1.807, 2.05) is 117 Å². The molecule has 5 atom stereocenters. The van der Waals surface area contributed by atoms with Crippen LogP contribution in [0.5, 0.6) is 0 Å². The molecule has 14 nitrogen and oxygen atoms in total. The zero-order valence-electron chi connectivity index (χ0n) is 36.1. The second kappa shape index (κ2) is 20.5. The Bertz CT molecular complexity index is 2280. The number of aliphatic hydroxyl groups excluding tert-OH is 1. The molecule has 0 spiro atoms. The number of nitrogens with zero attached hydrogens (tertiary/aromatic N) is 5. The molecular weight excluding hydrogens is 785 g/mol. The van der Waals surface area contributed by atoms with E-state index in [1.54, 1.807) is 48.0 Å². The van der Waals surface area contributed by atoms with E-state index in [9.17, 15) is 29.4 Å². The second-order valence-electron chi connectivity index (χ2n) is 17.1. The van der Waals surface area contributed by atoms with Gasteiger partial charge in [-0.3, -0.25) is 25.0 Å². The molecular formula is C48H58N8O6. The number of rotatable bonds is 18. The summed E-state index contributed by atoms with van der Waals surface area (Å²) in [5.74, 6) is -1.20. The number of hydrogen-bond donors (Lipinski definition) is 5. The predicted molar refractivity (Wildman–Crippen MR) is 238 cm³/mol. The lowest BCUT2D eigenvalue weighted by Gasteiger charge is -2.36. The van der Waals surface area contributed by atoms with Crippen molar-refractivity contribution < 1.29 is 29.4 Å². The Labute approximate surface area is 363 Å². The molecule has 5 amide bonds. The summed E-state index contributed by atoms with van der Waals surface area (Å²) in [5.41, 5.74) is 7.27. The van der Waals surface area contributed by atoms with Crippen molar-refractivity contribution in [2.24, 2.45) is 11.3 Å². The highest BCUT2D eigenvalue weighted by Crippen LogP contribution is 2.26. The van der Waals surface area contributed by atoms with Crippen LogP contribution in [0.4, 0.5) is 9.59 Å². The summed E-state index contributed by atoms with van der Waals surface area (Å²) in [4.78, 5) is 66.8. The quantitative estimate of drug-likeness (QED) is 0.0638. The maximum Gasteiger partial charge on any atom is 0.405 e. The van der Waals surface area contributed by atoms with Gasteiger partial charge in [0.25, 0.3) is 5.91 Å². The topological polar surface area (TPSA) is 180 Å². The van der Waals surface area contributed by atoms with E-state index in [2.05, 4.69) is 26.0 Å². The number of carboxylic acid groups (broad SMARTS) is 1. The van der Waals surface area contributed by atoms with E-state index >= 15 is 0 Å². The van der Waals surface area contributed by atoms with Gasteiger partial charge >= 0.3 is 12.1 Å². The highest BCUT2D eigenvalue weighted by molar-refractivity contribution is 5.89. The minimum atomic E-state index is -1.34. The number of nitrogens with one attached hydrogen (secondary N) is 3. The molecule has 62 heavy (non-hydrogen) atoms. The first-order valence-corrected chi connectivity index (χ1v) is 21.2. The summed E-state index contributed by atoms with van der Waals surface area (Å²) in [6, 6.07) is 29.5. The summed E-state index contributed by atoms with van der Waals surface area (Å²) < 4.78 is 0. The molecule has 3 aromatic carbocycles. The van der Waals surface area contributed by atoms with Crippen LogP contribution in [0.25, 0.3) is 22.2 Å². The Morgan fingerprint density at radius 2 is 1.53 bits per heavy atom. The predicted octanol–water partition coefficient (Wildman–Crippen LogP) is 6.25. The van der Waals surface area contributed by atoms with Crippen LogP contribution >= 0.6 is 0 Å². The third kappa shape index (κ3) is 11.5. The molecule has 5 aromatic rings. The molecule has 1 aliphatic heterocycles. The number of aromatic nitrogens is 2. The van der Waals surface area contributed by atoms with E-state index in [0.29, 0.717) is 26.1 Å². The molecule has 5 N–H and O–H groups in total. The van der Waals surface area contributed by atoms with E-state index in [-0.39, 0.29) is 37.4 Å². The van der Waals surface area contributed by atoms with Crippen LogP contribution in [-0.4, -0.2) is 103 Å². The standard InChI is InChI=1S/C48H58N8O6/c1-6-32(2)42(56-27-26-54(47(56)62)30-36-23-25-50-39-18-11-10-16-37(36)39)44(58)51-40(28-33-14-8-7-9-15-33)41(57)31-55(53-45(59)43(48(3,4)5)52-46(60)61)29-34-19-21-35(22-20-34)38-17-12-13-24-49-38/h7-25,32,40-43,52,57H,6,26-31H2,1-5H3,(H,51,58)(H,53,59)(H,60,61). The van der Waals surface area contributed by atoms with Crippen LogP contribution < -0.4 is 16.1 Å². The van der Waals surface area contributed by atoms with Crippen molar-refractivity contribution in [2.45, 2.75) is 84.8 Å². The number of amides is 5. The maximum absolute atomic E-state index is 14.6. The molecule has 1 saturated heterocycles. The Morgan fingerprint density at radius 3 is 2.21 bits per heavy atom. The molecule has 14 heteroatoms. The molecule has 0 radical (unpaired) electrons. The first kappa shape index (κ1) is 45.2. The first-order chi connectivity index (χ1) is 29.7. The lowest BCUT2D eigenvalue weighted by atomic mass is 9.86. The number of benzene rings is 3. The van der Waals surface area contributed by atoms with Crippen molar-refractivity contribution in [2.75, 3.05) is 19.6 Å². The largest absolute Gasteiger partial charge is 0.465 e. The minimum Gasteiger partial charge on any atom is -0.465 e. The number of aliphatic hydroxyl groups is 1. The van der Waals surface area contributed by atoms with Gasteiger partial charge in [-0.1, -0.05) is 120 Å². The second-order valence-corrected chi connectivity index (χ2v) is 17.1. The molecule has 326 valence electrons. The Hall–Kier alpha value is -6.38. The Morgan fingerprint density at radius 1 is 0.823 bits per heavy atom. The van der Waals surface area contributed by atoms with Gasteiger partial charge < -0.3 is 30.6 Å². The van der Waals surface area contributed by atoms with Gasteiger partial charge in [-0.25, -0.2) is 14.6 Å². The molecule has 6 rings (SSSR count). The highest BCUT2D eigenvalue weighted by atomic mass is 16.4. The fourth-order valence-corrected chi connectivity index (χ4v) is 7.91. The van der Waals surface area contributed by atoms with Crippen molar-refractivity contribution in [3.63, 3.8) is 0 Å². The van der Waals surface area contributed by atoms with Crippen molar-refractivity contribution in [1.29, 1.82) is 0 Å². The Balaban J connectivity index is 1.25. The monoisotopic (exact) mass is 842 g/mol. The smallest absolute Gasteiger partial charge is 0.405 e. The summed E-state index contributed by atoms with van der Waals surface area (Å²) in [7, 11) is 0. The van der Waals surface area contributed by atoms with Crippen LogP contribution in [0.3, 0.4) is 0 Å². The number of carbonyl (C=O) groups excluding carboxylic acids is 3. The van der Waals surface area contributed by atoms with Gasteiger partial charge in [-0.05, 0) is 58.7 Å². The molecule has 2 aromatic heterocycles. The fourth-order valence-electron chi connectivity index (χ4n) is 7.91. The van der Waals surface area contributed by atoms with Crippen molar-refractivity contribution >= 4 is 34.8 Å². The van der Waals surface area contributed by atoms with Crippen LogP contribution in [-0.2, 0) is 29.1 Å². The normalized spacial score (nSPS) is 15.5. The summed E-state index contributed by atoms with van der Waals surface area (Å²) >= 11 is 0. The lowest BCUT2D eigenvalue weighted by Crippen LogP contribution is -2.60. The van der Waals surface area contributed by atoms with E-state index < -0.39 is 41.6 Å².